The van der Waals surface area contributed by atoms with E-state index in [-0.39, 0.29) is 17.7 Å². The first-order chi connectivity index (χ1) is 19.4. The van der Waals surface area contributed by atoms with Gasteiger partial charge in [0.25, 0.3) is 5.91 Å². The highest BCUT2D eigenvalue weighted by atomic mass is 35.5. The molecule has 0 spiro atoms. The van der Waals surface area contributed by atoms with Crippen molar-refractivity contribution in [2.24, 2.45) is 16.9 Å². The Kier molecular flexibility index (Phi) is 5.47. The fourth-order valence-electron chi connectivity index (χ4n) is 6.87. The van der Waals surface area contributed by atoms with Gasteiger partial charge in [0.05, 0.1) is 28.5 Å². The number of aryl methyl sites for hydroxylation is 1. The quantitative estimate of drug-likeness (QED) is 0.221. The fourth-order valence-corrected chi connectivity index (χ4v) is 7.03. The lowest BCUT2D eigenvalue weighted by molar-refractivity contribution is -0.122. The van der Waals surface area contributed by atoms with Crippen LogP contribution in [0.25, 0.3) is 0 Å². The molecule has 4 aromatic rings. The van der Waals surface area contributed by atoms with Crippen molar-refractivity contribution < 1.29 is 14.4 Å². The number of hydrogen-bond acceptors (Lipinski definition) is 5. The van der Waals surface area contributed by atoms with E-state index in [1.54, 1.807) is 36.7 Å². The molecule has 8 heteroatoms. The second-order valence-corrected chi connectivity index (χ2v) is 10.8. The lowest BCUT2D eigenvalue weighted by Gasteiger charge is -2.52. The number of hydrogen-bond donors (Lipinski definition) is 1. The molecule has 0 unspecified atom stereocenters. The summed E-state index contributed by atoms with van der Waals surface area (Å²) in [5.41, 5.74) is 6.94. The predicted molar refractivity (Wildman–Crippen MR) is 151 cm³/mol. The van der Waals surface area contributed by atoms with E-state index in [1.807, 2.05) is 61.5 Å². The van der Waals surface area contributed by atoms with Crippen LogP contribution in [0, 0.1) is 18.8 Å². The van der Waals surface area contributed by atoms with Crippen molar-refractivity contribution >= 4 is 41.2 Å². The van der Waals surface area contributed by atoms with Gasteiger partial charge in [0, 0.05) is 29.5 Å². The van der Waals surface area contributed by atoms with Crippen molar-refractivity contribution in [2.45, 2.75) is 18.3 Å². The number of hydrazone groups is 1. The van der Waals surface area contributed by atoms with E-state index in [4.69, 9.17) is 11.6 Å². The summed E-state index contributed by atoms with van der Waals surface area (Å²) in [5.74, 6) is -2.68. The molecular weight excluding hydrogens is 524 g/mol. The van der Waals surface area contributed by atoms with E-state index in [1.165, 1.54) is 11.1 Å². The second-order valence-electron chi connectivity index (χ2n) is 10.4. The Bertz CT molecular complexity index is 1700. The molecule has 1 aliphatic heterocycles. The minimum atomic E-state index is -1.08. The third-order valence-corrected chi connectivity index (χ3v) is 8.69. The summed E-state index contributed by atoms with van der Waals surface area (Å²) in [5, 5.41) is 4.88. The zero-order chi connectivity index (χ0) is 27.6. The van der Waals surface area contributed by atoms with Gasteiger partial charge in [0.2, 0.25) is 11.8 Å². The number of amides is 3. The molecule has 1 saturated heterocycles. The Morgan fingerprint density at radius 2 is 1.68 bits per heavy atom. The lowest BCUT2D eigenvalue weighted by atomic mass is 9.47. The molecule has 2 heterocycles. The summed E-state index contributed by atoms with van der Waals surface area (Å²) in [6.45, 7) is 1.86. The Balaban J connectivity index is 1.43. The van der Waals surface area contributed by atoms with Crippen LogP contribution in [-0.2, 0) is 15.0 Å². The van der Waals surface area contributed by atoms with Crippen LogP contribution in [0.3, 0.4) is 0 Å². The molecular formula is C32H23ClN4O3. The highest BCUT2D eigenvalue weighted by molar-refractivity contribution is 6.31. The summed E-state index contributed by atoms with van der Waals surface area (Å²) >= 11 is 6.32. The van der Waals surface area contributed by atoms with Gasteiger partial charge < -0.3 is 0 Å². The van der Waals surface area contributed by atoms with Gasteiger partial charge in [0.15, 0.2) is 0 Å². The number of anilines is 1. The number of carbonyl (C=O) groups excluding carboxylic acids is 3. The van der Waals surface area contributed by atoms with Crippen LogP contribution < -0.4 is 10.3 Å². The van der Waals surface area contributed by atoms with E-state index in [2.05, 4.69) is 15.5 Å². The summed E-state index contributed by atoms with van der Waals surface area (Å²) in [6.07, 6.45) is 4.69. The number of rotatable bonds is 4. The van der Waals surface area contributed by atoms with Gasteiger partial charge in [-0.05, 0) is 59.0 Å². The molecule has 40 heavy (non-hydrogen) atoms. The van der Waals surface area contributed by atoms with Crippen molar-refractivity contribution in [1.82, 2.24) is 10.4 Å². The van der Waals surface area contributed by atoms with Gasteiger partial charge in [-0.15, -0.1) is 0 Å². The van der Waals surface area contributed by atoms with Crippen molar-refractivity contribution in [3.05, 3.63) is 130 Å². The first-order valence-corrected chi connectivity index (χ1v) is 13.4. The van der Waals surface area contributed by atoms with Gasteiger partial charge in [-0.3, -0.25) is 19.4 Å². The summed E-state index contributed by atoms with van der Waals surface area (Å²) in [6, 6.07) is 24.3. The average Bonchev–Trinajstić information content (AvgIpc) is 3.25. The van der Waals surface area contributed by atoms with Crippen molar-refractivity contribution in [3.8, 4) is 0 Å². The fraction of sp³-hybridized carbons (Fsp3) is 0.156. The number of imide groups is 1. The number of aromatic nitrogens is 1. The third kappa shape index (κ3) is 3.27. The number of carbonyl (C=O) groups is 3. The first-order valence-electron chi connectivity index (χ1n) is 13.0. The SMILES string of the molecule is Cc1ccc(Cl)cc1N1C(=O)[C@@H]2[C@@H](C1=O)C1c3ccccc3C2(/C=N\NC(=O)c2cccnc2)c2ccccc21. The van der Waals surface area contributed by atoms with Crippen LogP contribution in [0.5, 0.6) is 0 Å². The Hall–Kier alpha value is -4.62. The van der Waals surface area contributed by atoms with Crippen LogP contribution in [-0.4, -0.2) is 28.9 Å². The van der Waals surface area contributed by atoms with Gasteiger partial charge in [-0.25, -0.2) is 10.3 Å². The normalized spacial score (nSPS) is 24.1. The average molecular weight is 547 g/mol. The first kappa shape index (κ1) is 24.4. The molecule has 0 saturated carbocycles. The Morgan fingerprint density at radius 3 is 2.35 bits per heavy atom. The van der Waals surface area contributed by atoms with Crippen LogP contribution in [0.2, 0.25) is 5.02 Å². The molecule has 4 aliphatic rings. The van der Waals surface area contributed by atoms with Crippen LogP contribution in [0.1, 0.15) is 44.1 Å². The van der Waals surface area contributed by atoms with Crippen molar-refractivity contribution in [3.63, 3.8) is 0 Å². The van der Waals surface area contributed by atoms with Crippen LogP contribution >= 0.6 is 11.6 Å². The highest BCUT2D eigenvalue weighted by Gasteiger charge is 2.68. The van der Waals surface area contributed by atoms with Crippen LogP contribution in [0.15, 0.2) is 96.4 Å². The molecule has 3 aromatic carbocycles. The molecule has 7 nitrogen and oxygen atoms in total. The van der Waals surface area contributed by atoms with E-state index < -0.39 is 23.2 Å². The maximum Gasteiger partial charge on any atom is 0.272 e. The molecule has 2 atom stereocenters. The maximum atomic E-state index is 14.5. The van der Waals surface area contributed by atoms with Crippen molar-refractivity contribution in [2.75, 3.05) is 4.90 Å². The number of nitrogens with zero attached hydrogens (tertiary/aromatic N) is 3. The summed E-state index contributed by atoms with van der Waals surface area (Å²) in [7, 11) is 0. The molecule has 0 radical (unpaired) electrons. The summed E-state index contributed by atoms with van der Waals surface area (Å²) < 4.78 is 0. The Morgan fingerprint density at radius 1 is 0.975 bits per heavy atom. The topological polar surface area (TPSA) is 91.7 Å². The number of benzene rings is 3. The molecule has 3 aliphatic carbocycles. The van der Waals surface area contributed by atoms with Crippen molar-refractivity contribution in [1.29, 1.82) is 0 Å². The van der Waals surface area contributed by atoms with E-state index in [0.717, 1.165) is 27.8 Å². The van der Waals surface area contributed by atoms with E-state index >= 15 is 0 Å². The standard InChI is InChI=1S/C32H23ClN4O3/c1-18-12-13-20(33)15-25(18)37-30(39)27-26-21-8-2-4-10-23(21)32(28(27)31(37)40,24-11-5-3-9-22(24)26)17-35-36-29(38)19-7-6-14-34-16-19/h2-17,26-28H,1H3,(H,36,38)/b35-17-/t26?,27-,28-,32?/m0/s1. The minimum Gasteiger partial charge on any atom is -0.274 e. The molecule has 1 fully saturated rings. The zero-order valence-electron chi connectivity index (χ0n) is 21.4. The predicted octanol–water partition coefficient (Wildman–Crippen LogP) is 5.01. The second kappa shape index (κ2) is 8.96. The number of halogens is 1. The monoisotopic (exact) mass is 546 g/mol. The zero-order valence-corrected chi connectivity index (χ0v) is 22.2. The third-order valence-electron chi connectivity index (χ3n) is 8.45. The number of pyridine rings is 1. The largest absolute Gasteiger partial charge is 0.274 e. The van der Waals surface area contributed by atoms with Gasteiger partial charge >= 0.3 is 0 Å². The molecule has 1 aromatic heterocycles. The Labute approximate surface area is 235 Å². The van der Waals surface area contributed by atoms with Gasteiger partial charge in [-0.1, -0.05) is 66.2 Å². The van der Waals surface area contributed by atoms with Crippen LogP contribution in [0.4, 0.5) is 5.69 Å². The van der Waals surface area contributed by atoms with Gasteiger partial charge in [-0.2, -0.15) is 5.10 Å². The molecule has 8 rings (SSSR count). The lowest BCUT2D eigenvalue weighted by Crippen LogP contribution is -2.54. The molecule has 196 valence electrons. The van der Waals surface area contributed by atoms with E-state index in [9.17, 15) is 14.4 Å². The number of nitrogens with one attached hydrogen (secondary N) is 1. The summed E-state index contributed by atoms with van der Waals surface area (Å²) in [4.78, 5) is 46.9. The smallest absolute Gasteiger partial charge is 0.272 e. The van der Waals surface area contributed by atoms with Gasteiger partial charge in [0.1, 0.15) is 0 Å². The van der Waals surface area contributed by atoms with E-state index in [0.29, 0.717) is 16.3 Å². The molecule has 2 bridgehead atoms. The highest BCUT2D eigenvalue weighted by Crippen LogP contribution is 2.63. The maximum absolute atomic E-state index is 14.5. The minimum absolute atomic E-state index is 0.258. The molecule has 1 N–H and O–H groups in total. The molecule has 3 amide bonds.